The predicted molar refractivity (Wildman–Crippen MR) is 77.1 cm³/mol. The van der Waals surface area contributed by atoms with Crippen LogP contribution in [0.1, 0.15) is 19.8 Å². The second-order valence-corrected chi connectivity index (χ2v) is 5.00. The molecule has 0 spiro atoms. The molecule has 0 aliphatic carbocycles. The van der Waals surface area contributed by atoms with E-state index in [0.29, 0.717) is 25.2 Å². The second-order valence-electron chi connectivity index (χ2n) is 5.00. The van der Waals surface area contributed by atoms with Gasteiger partial charge in [-0.3, -0.25) is 14.9 Å². The number of carbonyl (C=O) groups is 2. The number of nitro benzene ring substituents is 1. The topological polar surface area (TPSA) is 92.6 Å². The molecule has 0 bridgehead atoms. The summed E-state index contributed by atoms with van der Waals surface area (Å²) in [5, 5.41) is 13.3. The highest BCUT2D eigenvalue weighted by Crippen LogP contribution is 2.19. The minimum absolute atomic E-state index is 0.0254. The summed E-state index contributed by atoms with van der Waals surface area (Å²) in [4.78, 5) is 35.4. The summed E-state index contributed by atoms with van der Waals surface area (Å²) >= 11 is 0. The van der Waals surface area contributed by atoms with Gasteiger partial charge in [-0.1, -0.05) is 6.92 Å². The van der Waals surface area contributed by atoms with Crippen molar-refractivity contribution in [2.45, 2.75) is 19.8 Å². The number of ketones is 1. The predicted octanol–water partition coefficient (Wildman–Crippen LogP) is 2.43. The number of anilines is 1. The van der Waals surface area contributed by atoms with Gasteiger partial charge in [-0.2, -0.15) is 0 Å². The summed E-state index contributed by atoms with van der Waals surface area (Å²) in [5.41, 5.74) is 0.471. The van der Waals surface area contributed by atoms with Gasteiger partial charge in [0.25, 0.3) is 5.69 Å². The Hall–Kier alpha value is -2.44. The van der Waals surface area contributed by atoms with E-state index in [1.807, 2.05) is 6.92 Å². The highest BCUT2D eigenvalue weighted by Gasteiger charge is 2.28. The van der Waals surface area contributed by atoms with Gasteiger partial charge in [-0.15, -0.1) is 0 Å². The first kappa shape index (κ1) is 15.0. The van der Waals surface area contributed by atoms with E-state index < -0.39 is 4.92 Å². The van der Waals surface area contributed by atoms with E-state index in [-0.39, 0.29) is 23.4 Å². The van der Waals surface area contributed by atoms with E-state index in [9.17, 15) is 19.7 Å². The average molecular weight is 291 g/mol. The Bertz CT molecular complexity index is 556. The zero-order valence-electron chi connectivity index (χ0n) is 11.7. The molecule has 7 nitrogen and oxygen atoms in total. The standard InChI is InChI=1S/C14H17N3O4/c1-2-10-9-16(8-7-13(10)18)14(19)15-11-3-5-12(6-4-11)17(20)21/h3-6,10H,2,7-9H2,1H3,(H,15,19). The third-order valence-corrected chi connectivity index (χ3v) is 3.63. The average Bonchev–Trinajstić information content (AvgIpc) is 2.48. The number of piperidine rings is 1. The third kappa shape index (κ3) is 3.56. The van der Waals surface area contributed by atoms with Crippen molar-refractivity contribution in [3.63, 3.8) is 0 Å². The molecule has 112 valence electrons. The normalized spacial score (nSPS) is 18.4. The van der Waals surface area contributed by atoms with Crippen LogP contribution in [0.5, 0.6) is 0 Å². The van der Waals surface area contributed by atoms with Crippen LogP contribution in [0, 0.1) is 16.0 Å². The molecule has 1 aromatic rings. The molecule has 0 saturated carbocycles. The van der Waals surface area contributed by atoms with E-state index >= 15 is 0 Å². The number of hydrogen-bond acceptors (Lipinski definition) is 4. The van der Waals surface area contributed by atoms with Crippen molar-refractivity contribution < 1.29 is 14.5 Å². The number of urea groups is 1. The van der Waals surface area contributed by atoms with Crippen LogP contribution in [0.2, 0.25) is 0 Å². The van der Waals surface area contributed by atoms with Crippen LogP contribution < -0.4 is 5.32 Å². The molecular formula is C14H17N3O4. The number of nitro groups is 1. The second kappa shape index (κ2) is 6.34. The Labute approximate surface area is 122 Å². The molecule has 1 N–H and O–H groups in total. The molecule has 1 unspecified atom stereocenters. The van der Waals surface area contributed by atoms with E-state index in [4.69, 9.17) is 0 Å². The number of nitrogens with one attached hydrogen (secondary N) is 1. The van der Waals surface area contributed by atoms with Gasteiger partial charge < -0.3 is 10.2 Å². The summed E-state index contributed by atoms with van der Waals surface area (Å²) in [6, 6.07) is 5.37. The van der Waals surface area contributed by atoms with Crippen molar-refractivity contribution >= 4 is 23.2 Å². The molecule has 1 fully saturated rings. The van der Waals surface area contributed by atoms with Crippen molar-refractivity contribution in [3.05, 3.63) is 34.4 Å². The molecule has 1 aromatic carbocycles. The first-order valence-electron chi connectivity index (χ1n) is 6.84. The fourth-order valence-corrected chi connectivity index (χ4v) is 2.32. The fraction of sp³-hybridized carbons (Fsp3) is 0.429. The lowest BCUT2D eigenvalue weighted by molar-refractivity contribution is -0.384. The van der Waals surface area contributed by atoms with E-state index in [0.717, 1.165) is 6.42 Å². The van der Waals surface area contributed by atoms with Gasteiger partial charge in [0.1, 0.15) is 5.78 Å². The van der Waals surface area contributed by atoms with Crippen LogP contribution in [0.25, 0.3) is 0 Å². The molecule has 21 heavy (non-hydrogen) atoms. The van der Waals surface area contributed by atoms with Crippen molar-refractivity contribution in [1.82, 2.24) is 4.90 Å². The summed E-state index contributed by atoms with van der Waals surface area (Å²) < 4.78 is 0. The maximum atomic E-state index is 12.1. The van der Waals surface area contributed by atoms with Crippen LogP contribution in [-0.4, -0.2) is 34.7 Å². The fourth-order valence-electron chi connectivity index (χ4n) is 2.32. The minimum atomic E-state index is -0.492. The Balaban J connectivity index is 1.98. The molecule has 1 aliphatic rings. The van der Waals surface area contributed by atoms with Crippen LogP contribution in [0.15, 0.2) is 24.3 Å². The van der Waals surface area contributed by atoms with Gasteiger partial charge >= 0.3 is 6.03 Å². The van der Waals surface area contributed by atoms with Gasteiger partial charge in [0.2, 0.25) is 0 Å². The Morgan fingerprint density at radius 2 is 2.10 bits per heavy atom. The Kier molecular flexibility index (Phi) is 4.52. The zero-order chi connectivity index (χ0) is 15.4. The quantitative estimate of drug-likeness (QED) is 0.683. The largest absolute Gasteiger partial charge is 0.323 e. The summed E-state index contributed by atoms with van der Waals surface area (Å²) in [6.07, 6.45) is 1.10. The lowest BCUT2D eigenvalue weighted by Crippen LogP contribution is -2.45. The number of non-ortho nitro benzene ring substituents is 1. The van der Waals surface area contributed by atoms with Gasteiger partial charge in [0.05, 0.1) is 4.92 Å². The number of benzene rings is 1. The molecule has 0 radical (unpaired) electrons. The van der Waals surface area contributed by atoms with Crippen molar-refractivity contribution in [2.75, 3.05) is 18.4 Å². The molecular weight excluding hydrogens is 274 g/mol. The monoisotopic (exact) mass is 291 g/mol. The smallest absolute Gasteiger partial charge is 0.321 e. The zero-order valence-corrected chi connectivity index (χ0v) is 11.7. The van der Waals surface area contributed by atoms with Crippen LogP contribution in [0.3, 0.4) is 0 Å². The maximum absolute atomic E-state index is 12.1. The summed E-state index contributed by atoms with van der Waals surface area (Å²) in [6.45, 7) is 2.77. The lowest BCUT2D eigenvalue weighted by Gasteiger charge is -2.31. The molecule has 2 rings (SSSR count). The molecule has 0 aromatic heterocycles. The maximum Gasteiger partial charge on any atom is 0.321 e. The van der Waals surface area contributed by atoms with E-state index in [2.05, 4.69) is 5.32 Å². The van der Waals surface area contributed by atoms with Gasteiger partial charge in [-0.25, -0.2) is 4.79 Å². The molecule has 1 aliphatic heterocycles. The van der Waals surface area contributed by atoms with E-state index in [1.165, 1.54) is 24.3 Å². The lowest BCUT2D eigenvalue weighted by atomic mass is 9.94. The number of nitrogens with zero attached hydrogens (tertiary/aromatic N) is 2. The molecule has 1 atom stereocenters. The minimum Gasteiger partial charge on any atom is -0.323 e. The highest BCUT2D eigenvalue weighted by atomic mass is 16.6. The molecule has 1 saturated heterocycles. The summed E-state index contributed by atoms with van der Waals surface area (Å²) in [5.74, 6) is 0.109. The molecule has 2 amide bonds. The third-order valence-electron chi connectivity index (χ3n) is 3.63. The number of rotatable bonds is 3. The Morgan fingerprint density at radius 3 is 2.67 bits per heavy atom. The van der Waals surface area contributed by atoms with E-state index in [1.54, 1.807) is 4.90 Å². The molecule has 7 heteroatoms. The van der Waals surface area contributed by atoms with Crippen LogP contribution in [-0.2, 0) is 4.79 Å². The SMILES string of the molecule is CCC1CN(C(=O)Nc2ccc([N+](=O)[O-])cc2)CCC1=O. The first-order valence-corrected chi connectivity index (χ1v) is 6.84. The van der Waals surface area contributed by atoms with Crippen molar-refractivity contribution in [2.24, 2.45) is 5.92 Å². The van der Waals surface area contributed by atoms with Crippen molar-refractivity contribution in [1.29, 1.82) is 0 Å². The molecule has 1 heterocycles. The van der Waals surface area contributed by atoms with Gasteiger partial charge in [-0.05, 0) is 18.6 Å². The van der Waals surface area contributed by atoms with Crippen LogP contribution >= 0.6 is 0 Å². The van der Waals surface area contributed by atoms with Crippen molar-refractivity contribution in [3.8, 4) is 0 Å². The number of hydrogen-bond donors (Lipinski definition) is 1. The highest BCUT2D eigenvalue weighted by molar-refractivity contribution is 5.91. The summed E-state index contributed by atoms with van der Waals surface area (Å²) in [7, 11) is 0. The number of Topliss-reactive ketones (excluding diaryl/α,β-unsaturated/α-hetero) is 1. The van der Waals surface area contributed by atoms with Gasteiger partial charge in [0.15, 0.2) is 0 Å². The number of likely N-dealkylation sites (tertiary alicyclic amines) is 1. The Morgan fingerprint density at radius 1 is 1.43 bits per heavy atom. The number of carbonyl (C=O) groups excluding carboxylic acids is 2. The van der Waals surface area contributed by atoms with Gasteiger partial charge in [0, 0.05) is 43.2 Å². The van der Waals surface area contributed by atoms with Crippen LogP contribution in [0.4, 0.5) is 16.2 Å². The first-order chi connectivity index (χ1) is 10.0. The number of amides is 2.